The van der Waals surface area contributed by atoms with Crippen LogP contribution in [0.1, 0.15) is 35.3 Å². The van der Waals surface area contributed by atoms with Gasteiger partial charge >= 0.3 is 12.2 Å². The molecule has 0 radical (unpaired) electrons. The number of carbonyl (C=O) groups excluding carboxylic acids is 1. The maximum Gasteiger partial charge on any atom is 0.416 e. The second kappa shape index (κ2) is 9.28. The lowest BCUT2D eigenvalue weighted by atomic mass is 9.92. The predicted octanol–water partition coefficient (Wildman–Crippen LogP) is 3.82. The Bertz CT molecular complexity index is 791. The van der Waals surface area contributed by atoms with Crippen LogP contribution in [0.15, 0.2) is 54.6 Å². The fraction of sp³-hybridized carbons (Fsp3) is 0.381. The van der Waals surface area contributed by atoms with E-state index in [-0.39, 0.29) is 18.5 Å². The van der Waals surface area contributed by atoms with Crippen LogP contribution in [0.5, 0.6) is 0 Å². The molecule has 1 saturated heterocycles. The quantitative estimate of drug-likeness (QED) is 0.681. The van der Waals surface area contributed by atoms with Gasteiger partial charge in [0.25, 0.3) is 0 Å². The van der Waals surface area contributed by atoms with Crippen molar-refractivity contribution in [1.82, 2.24) is 10.6 Å². The van der Waals surface area contributed by atoms with Crippen molar-refractivity contribution in [2.75, 3.05) is 19.8 Å². The first-order valence-corrected chi connectivity index (χ1v) is 9.37. The molecule has 8 heteroatoms. The highest BCUT2D eigenvalue weighted by Crippen LogP contribution is 2.30. The van der Waals surface area contributed by atoms with Gasteiger partial charge in [-0.25, -0.2) is 4.79 Å². The van der Waals surface area contributed by atoms with Crippen LogP contribution in [0.4, 0.5) is 18.0 Å². The number of halogens is 3. The van der Waals surface area contributed by atoms with Gasteiger partial charge in [-0.05, 0) is 29.7 Å². The molecule has 3 rings (SSSR count). The van der Waals surface area contributed by atoms with Crippen molar-refractivity contribution in [2.24, 2.45) is 5.92 Å². The minimum atomic E-state index is -4.43. The molecule has 29 heavy (non-hydrogen) atoms. The van der Waals surface area contributed by atoms with Crippen LogP contribution in [-0.4, -0.2) is 30.9 Å². The lowest BCUT2D eigenvalue weighted by Crippen LogP contribution is -2.42. The molecule has 1 aliphatic rings. The number of alkyl halides is 3. The van der Waals surface area contributed by atoms with Gasteiger partial charge in [-0.1, -0.05) is 42.5 Å². The molecule has 0 saturated carbocycles. The number of aliphatic hydroxyl groups excluding tert-OH is 1. The molecule has 1 fully saturated rings. The summed E-state index contributed by atoms with van der Waals surface area (Å²) in [5.41, 5.74) is 0.465. The topological polar surface area (TPSA) is 70.6 Å². The van der Waals surface area contributed by atoms with Crippen LogP contribution in [0.25, 0.3) is 0 Å². The molecule has 156 valence electrons. The number of urea groups is 1. The summed E-state index contributed by atoms with van der Waals surface area (Å²) < 4.78 is 43.3. The molecule has 2 amide bonds. The summed E-state index contributed by atoms with van der Waals surface area (Å²) in [5, 5.41) is 15.7. The largest absolute Gasteiger partial charge is 0.416 e. The zero-order chi connectivity index (χ0) is 20.9. The number of carbonyl (C=O) groups is 1. The fourth-order valence-corrected chi connectivity index (χ4v) is 3.34. The molecule has 3 N–H and O–H groups in total. The Hall–Kier alpha value is -2.58. The van der Waals surface area contributed by atoms with Gasteiger partial charge in [0.05, 0.1) is 24.3 Å². The highest BCUT2D eigenvalue weighted by molar-refractivity contribution is 5.74. The van der Waals surface area contributed by atoms with E-state index in [0.29, 0.717) is 18.8 Å². The highest BCUT2D eigenvalue weighted by Gasteiger charge is 2.30. The van der Waals surface area contributed by atoms with Crippen molar-refractivity contribution in [1.29, 1.82) is 0 Å². The number of benzene rings is 2. The van der Waals surface area contributed by atoms with Crippen LogP contribution in [0, 0.1) is 5.92 Å². The second-order valence-corrected chi connectivity index (χ2v) is 7.00. The van der Waals surface area contributed by atoms with E-state index in [1.807, 2.05) is 30.3 Å². The molecular formula is C21H23F3N2O3. The zero-order valence-electron chi connectivity index (χ0n) is 15.7. The number of amides is 2. The first kappa shape index (κ1) is 21.1. The van der Waals surface area contributed by atoms with Crippen molar-refractivity contribution < 1.29 is 27.8 Å². The van der Waals surface area contributed by atoms with Crippen molar-refractivity contribution in [3.8, 4) is 0 Å². The van der Waals surface area contributed by atoms with Crippen LogP contribution in [-0.2, 0) is 10.9 Å². The third-order valence-corrected chi connectivity index (χ3v) is 4.96. The molecule has 3 atom stereocenters. The molecule has 1 aliphatic heterocycles. The van der Waals surface area contributed by atoms with Gasteiger partial charge in [-0.3, -0.25) is 0 Å². The summed E-state index contributed by atoms with van der Waals surface area (Å²) in [6.07, 6.45) is -4.72. The van der Waals surface area contributed by atoms with Gasteiger partial charge in [0, 0.05) is 19.1 Å². The smallest absolute Gasteiger partial charge is 0.387 e. The number of nitrogens with one attached hydrogen (secondary N) is 2. The summed E-state index contributed by atoms with van der Waals surface area (Å²) >= 11 is 0. The Labute approximate surface area is 166 Å². The highest BCUT2D eigenvalue weighted by atomic mass is 19.4. The Morgan fingerprint density at radius 2 is 1.79 bits per heavy atom. The Balaban J connectivity index is 1.57. The van der Waals surface area contributed by atoms with E-state index in [2.05, 4.69) is 10.6 Å². The number of hydrogen-bond donors (Lipinski definition) is 3. The molecule has 0 aliphatic carbocycles. The average molecular weight is 408 g/mol. The molecule has 1 heterocycles. The van der Waals surface area contributed by atoms with E-state index in [1.54, 1.807) is 0 Å². The summed E-state index contributed by atoms with van der Waals surface area (Å²) in [6.45, 7) is 1.07. The van der Waals surface area contributed by atoms with E-state index in [1.165, 1.54) is 12.1 Å². The van der Waals surface area contributed by atoms with E-state index in [9.17, 15) is 23.1 Å². The van der Waals surface area contributed by atoms with Crippen LogP contribution < -0.4 is 10.6 Å². The zero-order valence-corrected chi connectivity index (χ0v) is 15.7. The predicted molar refractivity (Wildman–Crippen MR) is 101 cm³/mol. The summed E-state index contributed by atoms with van der Waals surface area (Å²) in [6, 6.07) is 13.1. The standard InChI is InChI=1S/C21H23F3N2O3/c22-21(23,24)17-8-6-14(7-9-17)18(27)12-25-20(28)26-19(16-10-11-29-13-16)15-4-2-1-3-5-15/h1-9,16,18-19,27H,10-13H2,(H2,25,26,28). The minimum absolute atomic E-state index is 0.125. The lowest BCUT2D eigenvalue weighted by Gasteiger charge is -2.25. The van der Waals surface area contributed by atoms with Gasteiger partial charge < -0.3 is 20.5 Å². The van der Waals surface area contributed by atoms with E-state index in [0.717, 1.165) is 24.1 Å². The number of aliphatic hydroxyl groups is 1. The summed E-state index contributed by atoms with van der Waals surface area (Å²) in [4.78, 5) is 12.4. The molecule has 2 aromatic carbocycles. The molecule has 0 spiro atoms. The van der Waals surface area contributed by atoms with Gasteiger partial charge in [-0.2, -0.15) is 13.2 Å². The van der Waals surface area contributed by atoms with E-state index < -0.39 is 23.9 Å². The van der Waals surface area contributed by atoms with Crippen molar-refractivity contribution in [3.63, 3.8) is 0 Å². The first-order chi connectivity index (χ1) is 13.8. The minimum Gasteiger partial charge on any atom is -0.387 e. The van der Waals surface area contributed by atoms with Crippen LogP contribution in [0.2, 0.25) is 0 Å². The fourth-order valence-electron chi connectivity index (χ4n) is 3.34. The Kier molecular flexibility index (Phi) is 6.76. The maximum atomic E-state index is 12.6. The monoisotopic (exact) mass is 408 g/mol. The molecule has 0 aromatic heterocycles. The number of ether oxygens (including phenoxy) is 1. The Morgan fingerprint density at radius 3 is 2.38 bits per heavy atom. The number of hydrogen-bond acceptors (Lipinski definition) is 3. The van der Waals surface area contributed by atoms with Gasteiger partial charge in [0.15, 0.2) is 0 Å². The van der Waals surface area contributed by atoms with Crippen LogP contribution in [0.3, 0.4) is 0 Å². The van der Waals surface area contributed by atoms with Gasteiger partial charge in [0.1, 0.15) is 0 Å². The SMILES string of the molecule is O=C(NCC(O)c1ccc(C(F)(F)F)cc1)NC(c1ccccc1)C1CCOC1. The van der Waals surface area contributed by atoms with Crippen LogP contribution >= 0.6 is 0 Å². The van der Waals surface area contributed by atoms with Crippen molar-refractivity contribution in [3.05, 3.63) is 71.3 Å². The van der Waals surface area contributed by atoms with Crippen molar-refractivity contribution in [2.45, 2.75) is 24.7 Å². The summed E-state index contributed by atoms with van der Waals surface area (Å²) in [5.74, 6) is 0.142. The first-order valence-electron chi connectivity index (χ1n) is 9.37. The normalized spacial score (nSPS) is 18.8. The van der Waals surface area contributed by atoms with Gasteiger partial charge in [-0.15, -0.1) is 0 Å². The lowest BCUT2D eigenvalue weighted by molar-refractivity contribution is -0.137. The molecule has 3 unspecified atom stereocenters. The molecule has 2 aromatic rings. The molecular weight excluding hydrogens is 385 g/mol. The van der Waals surface area contributed by atoms with Crippen molar-refractivity contribution >= 4 is 6.03 Å². The molecule has 5 nitrogen and oxygen atoms in total. The maximum absolute atomic E-state index is 12.6. The molecule has 0 bridgehead atoms. The average Bonchev–Trinajstić information content (AvgIpc) is 3.25. The van der Waals surface area contributed by atoms with Gasteiger partial charge in [0.2, 0.25) is 0 Å². The second-order valence-electron chi connectivity index (χ2n) is 7.00. The van der Waals surface area contributed by atoms with E-state index in [4.69, 9.17) is 4.74 Å². The number of rotatable bonds is 6. The summed E-state index contributed by atoms with van der Waals surface area (Å²) in [7, 11) is 0. The Morgan fingerprint density at radius 1 is 1.10 bits per heavy atom. The van der Waals surface area contributed by atoms with E-state index >= 15 is 0 Å². The third-order valence-electron chi connectivity index (χ3n) is 4.96. The third kappa shape index (κ3) is 5.71.